The first-order valence-electron chi connectivity index (χ1n) is 8.52. The van der Waals surface area contributed by atoms with Crippen LogP contribution in [0.15, 0.2) is 67.0 Å². The summed E-state index contributed by atoms with van der Waals surface area (Å²) in [6.07, 6.45) is 8.04. The van der Waals surface area contributed by atoms with Crippen molar-refractivity contribution in [1.29, 1.82) is 0 Å². The van der Waals surface area contributed by atoms with Crippen molar-refractivity contribution < 1.29 is 0 Å². The van der Waals surface area contributed by atoms with Gasteiger partial charge in [-0.15, -0.1) is 0 Å². The van der Waals surface area contributed by atoms with Gasteiger partial charge in [-0.05, 0) is 54.2 Å². The molecule has 1 atom stereocenters. The molecule has 1 aliphatic rings. The highest BCUT2D eigenvalue weighted by molar-refractivity contribution is 6.30. The second-order valence-corrected chi connectivity index (χ2v) is 6.64. The van der Waals surface area contributed by atoms with Gasteiger partial charge < -0.3 is 4.90 Å². The maximum atomic E-state index is 6.11. The third-order valence-electron chi connectivity index (χ3n) is 4.60. The zero-order chi connectivity index (χ0) is 17.1. The summed E-state index contributed by atoms with van der Waals surface area (Å²) in [5.41, 5.74) is 3.60. The minimum atomic E-state index is 0.282. The largest absolute Gasteiger partial charge is 0.334 e. The molecule has 4 heteroatoms. The Bertz CT molecular complexity index is 833. The summed E-state index contributed by atoms with van der Waals surface area (Å²) in [6.45, 7) is 0.949. The van der Waals surface area contributed by atoms with Crippen molar-refractivity contribution in [2.45, 2.75) is 18.9 Å². The van der Waals surface area contributed by atoms with Crippen LogP contribution in [-0.2, 0) is 0 Å². The molecule has 1 aliphatic heterocycles. The monoisotopic (exact) mass is 348 g/mol. The van der Waals surface area contributed by atoms with Crippen molar-refractivity contribution in [1.82, 2.24) is 9.97 Å². The van der Waals surface area contributed by atoms with Gasteiger partial charge >= 0.3 is 0 Å². The van der Waals surface area contributed by atoms with Crippen molar-refractivity contribution in [3.63, 3.8) is 0 Å². The Labute approximate surface area is 153 Å². The molecule has 3 nitrogen and oxygen atoms in total. The Morgan fingerprint density at radius 1 is 0.920 bits per heavy atom. The van der Waals surface area contributed by atoms with Crippen LogP contribution in [0.2, 0.25) is 5.02 Å². The number of hydrogen-bond donors (Lipinski definition) is 0. The zero-order valence-corrected chi connectivity index (χ0v) is 14.6. The quantitative estimate of drug-likeness (QED) is 0.639. The van der Waals surface area contributed by atoms with Crippen LogP contribution >= 0.6 is 11.6 Å². The molecule has 1 unspecified atom stereocenters. The van der Waals surface area contributed by atoms with E-state index in [1.807, 2.05) is 24.3 Å². The van der Waals surface area contributed by atoms with E-state index in [1.54, 1.807) is 12.4 Å². The van der Waals surface area contributed by atoms with E-state index < -0.39 is 0 Å². The highest BCUT2D eigenvalue weighted by Gasteiger charge is 2.25. The predicted molar refractivity (Wildman–Crippen MR) is 103 cm³/mol. The summed E-state index contributed by atoms with van der Waals surface area (Å²) in [7, 11) is 0. The summed E-state index contributed by atoms with van der Waals surface area (Å²) < 4.78 is 0. The first-order valence-corrected chi connectivity index (χ1v) is 8.90. The van der Waals surface area contributed by atoms with Gasteiger partial charge in [0.2, 0.25) is 5.95 Å². The van der Waals surface area contributed by atoms with Gasteiger partial charge in [0.05, 0.1) is 6.04 Å². The van der Waals surface area contributed by atoms with Gasteiger partial charge in [-0.1, -0.05) is 48.0 Å². The average molecular weight is 349 g/mol. The van der Waals surface area contributed by atoms with Crippen LogP contribution in [0, 0.1) is 6.42 Å². The third kappa shape index (κ3) is 3.52. The fourth-order valence-electron chi connectivity index (χ4n) is 3.35. The number of nitrogens with zero attached hydrogens (tertiary/aromatic N) is 3. The van der Waals surface area contributed by atoms with Crippen LogP contribution in [0.1, 0.15) is 24.4 Å². The molecule has 0 amide bonds. The molecule has 1 saturated heterocycles. The Hall–Kier alpha value is -2.39. The Morgan fingerprint density at radius 3 is 2.48 bits per heavy atom. The minimum Gasteiger partial charge on any atom is -0.334 e. The highest BCUT2D eigenvalue weighted by atomic mass is 35.5. The molecule has 125 valence electrons. The summed E-state index contributed by atoms with van der Waals surface area (Å²) in [4.78, 5) is 11.2. The molecular formula is C21H19ClN3. The lowest BCUT2D eigenvalue weighted by Crippen LogP contribution is -2.34. The lowest BCUT2D eigenvalue weighted by atomic mass is 9.94. The molecule has 0 spiro atoms. The first-order chi connectivity index (χ1) is 12.3. The standard InChI is InChI=1S/C21H19ClN3/c22-19-6-3-5-18(15-19)16-8-10-17(11-9-16)20-7-1-2-14-25(20)21-23-12-4-13-24-21/h1,3-6,8-13,15,20H,2,7,14H2. The van der Waals surface area contributed by atoms with Crippen molar-refractivity contribution >= 4 is 17.5 Å². The van der Waals surface area contributed by atoms with Gasteiger partial charge in [-0.25, -0.2) is 9.97 Å². The fraction of sp³-hybridized carbons (Fsp3) is 0.190. The van der Waals surface area contributed by atoms with E-state index in [2.05, 4.69) is 51.6 Å². The first kappa shape index (κ1) is 16.1. The normalized spacial score (nSPS) is 17.5. The molecule has 0 bridgehead atoms. The van der Waals surface area contributed by atoms with Crippen molar-refractivity contribution in [2.24, 2.45) is 0 Å². The zero-order valence-electron chi connectivity index (χ0n) is 13.8. The van der Waals surface area contributed by atoms with E-state index in [0.29, 0.717) is 0 Å². The summed E-state index contributed by atoms with van der Waals surface area (Å²) in [6, 6.07) is 18.8. The number of aromatic nitrogens is 2. The molecule has 2 heterocycles. The summed E-state index contributed by atoms with van der Waals surface area (Å²) in [5.74, 6) is 0.805. The van der Waals surface area contributed by atoms with Crippen LogP contribution in [-0.4, -0.2) is 16.5 Å². The third-order valence-corrected chi connectivity index (χ3v) is 4.84. The maximum absolute atomic E-state index is 6.11. The van der Waals surface area contributed by atoms with Gasteiger partial charge in [0.1, 0.15) is 0 Å². The SMILES string of the molecule is Clc1cccc(-c2ccc(C3C[CH]CCN3c3ncccn3)cc2)c1. The smallest absolute Gasteiger partial charge is 0.225 e. The molecule has 2 aromatic carbocycles. The second-order valence-electron chi connectivity index (χ2n) is 6.20. The Morgan fingerprint density at radius 2 is 1.72 bits per heavy atom. The van der Waals surface area contributed by atoms with Gasteiger partial charge in [-0.2, -0.15) is 0 Å². The van der Waals surface area contributed by atoms with Gasteiger partial charge in [0.15, 0.2) is 0 Å². The van der Waals surface area contributed by atoms with Crippen molar-refractivity contribution in [3.8, 4) is 11.1 Å². The molecule has 3 aromatic rings. The number of rotatable bonds is 3. The Balaban J connectivity index is 1.62. The van der Waals surface area contributed by atoms with Crippen LogP contribution in [0.3, 0.4) is 0 Å². The predicted octanol–water partition coefficient (Wildman–Crippen LogP) is 5.34. The van der Waals surface area contributed by atoms with Crippen molar-refractivity contribution in [2.75, 3.05) is 11.4 Å². The molecular weight excluding hydrogens is 330 g/mol. The van der Waals surface area contributed by atoms with Crippen LogP contribution < -0.4 is 4.90 Å². The van der Waals surface area contributed by atoms with Gasteiger partial charge in [0.25, 0.3) is 0 Å². The van der Waals surface area contributed by atoms with Crippen LogP contribution in [0.5, 0.6) is 0 Å². The molecule has 0 saturated carbocycles. The van der Waals surface area contributed by atoms with E-state index in [0.717, 1.165) is 35.9 Å². The van der Waals surface area contributed by atoms with E-state index in [-0.39, 0.29) is 6.04 Å². The molecule has 1 radical (unpaired) electrons. The van der Waals surface area contributed by atoms with Crippen LogP contribution in [0.4, 0.5) is 5.95 Å². The summed E-state index contributed by atoms with van der Waals surface area (Å²) >= 11 is 6.11. The van der Waals surface area contributed by atoms with Gasteiger partial charge in [-0.3, -0.25) is 0 Å². The molecule has 0 aliphatic carbocycles. The van der Waals surface area contributed by atoms with Crippen LogP contribution in [0.25, 0.3) is 11.1 Å². The lowest BCUT2D eigenvalue weighted by molar-refractivity contribution is 0.536. The minimum absolute atomic E-state index is 0.282. The molecule has 25 heavy (non-hydrogen) atoms. The second kappa shape index (κ2) is 7.24. The van der Waals surface area contributed by atoms with Crippen molar-refractivity contribution in [3.05, 3.63) is 84.0 Å². The topological polar surface area (TPSA) is 29.0 Å². The number of piperidine rings is 1. The molecule has 0 N–H and O–H groups in total. The van der Waals surface area contributed by atoms with E-state index >= 15 is 0 Å². The molecule has 4 rings (SSSR count). The highest BCUT2D eigenvalue weighted by Crippen LogP contribution is 2.34. The number of anilines is 1. The molecule has 1 aromatic heterocycles. The average Bonchev–Trinajstić information content (AvgIpc) is 2.69. The van der Waals surface area contributed by atoms with E-state index in [4.69, 9.17) is 11.6 Å². The number of halogens is 1. The Kier molecular flexibility index (Phi) is 4.66. The number of hydrogen-bond acceptors (Lipinski definition) is 3. The van der Waals surface area contributed by atoms with Gasteiger partial charge in [0, 0.05) is 24.0 Å². The van der Waals surface area contributed by atoms with E-state index in [1.165, 1.54) is 11.1 Å². The number of benzene rings is 2. The lowest BCUT2D eigenvalue weighted by Gasteiger charge is -2.36. The summed E-state index contributed by atoms with van der Waals surface area (Å²) in [5, 5.41) is 0.760. The fourth-order valence-corrected chi connectivity index (χ4v) is 3.54. The molecule has 1 fully saturated rings. The van der Waals surface area contributed by atoms with E-state index in [9.17, 15) is 0 Å². The maximum Gasteiger partial charge on any atom is 0.225 e.